The van der Waals surface area contributed by atoms with E-state index in [4.69, 9.17) is 5.73 Å². The zero-order valence-electron chi connectivity index (χ0n) is 15.5. The van der Waals surface area contributed by atoms with E-state index in [0.29, 0.717) is 12.1 Å². The summed E-state index contributed by atoms with van der Waals surface area (Å²) in [6, 6.07) is 11.4. The van der Waals surface area contributed by atoms with Crippen molar-refractivity contribution < 1.29 is 13.6 Å². The van der Waals surface area contributed by atoms with Crippen LogP contribution in [0.3, 0.4) is 0 Å². The first kappa shape index (κ1) is 19.0. The Bertz CT molecular complexity index is 1020. The van der Waals surface area contributed by atoms with Gasteiger partial charge in [-0.2, -0.15) is 0 Å². The number of hydrogen-bond acceptors (Lipinski definition) is 4. The van der Waals surface area contributed by atoms with Crippen molar-refractivity contribution in [2.24, 2.45) is 5.73 Å². The van der Waals surface area contributed by atoms with Crippen LogP contribution in [0.4, 0.5) is 8.78 Å². The zero-order chi connectivity index (χ0) is 19.9. The molecular formula is C21H21F2N3OS. The standard InChI is InChI=1S/C21H21F2N3OS/c1-13-10-16(11-17-19(13)28-18(12-24)25-17)14-2-4-15(5-3-14)20(27)26-8-6-21(22,23)7-9-26/h2-5,10-11H,6-9,12,24H2,1H3. The number of alkyl halides is 2. The summed E-state index contributed by atoms with van der Waals surface area (Å²) in [7, 11) is 0. The van der Waals surface area contributed by atoms with Crippen LogP contribution in [0.25, 0.3) is 21.3 Å². The second-order valence-electron chi connectivity index (χ2n) is 7.18. The summed E-state index contributed by atoms with van der Waals surface area (Å²) in [6.45, 7) is 2.66. The summed E-state index contributed by atoms with van der Waals surface area (Å²) in [5.74, 6) is -2.85. The first-order chi connectivity index (χ1) is 13.4. The molecule has 0 unspecified atom stereocenters. The lowest BCUT2D eigenvalue weighted by Gasteiger charge is -2.31. The number of hydrogen-bond donors (Lipinski definition) is 1. The number of halogens is 2. The maximum atomic E-state index is 13.3. The van der Waals surface area contributed by atoms with E-state index in [1.54, 1.807) is 23.5 Å². The molecule has 1 aromatic heterocycles. The highest BCUT2D eigenvalue weighted by atomic mass is 32.1. The van der Waals surface area contributed by atoms with Crippen molar-refractivity contribution in [3.05, 3.63) is 52.5 Å². The number of benzene rings is 2. The monoisotopic (exact) mass is 401 g/mol. The van der Waals surface area contributed by atoms with Gasteiger partial charge in [-0.1, -0.05) is 12.1 Å². The molecule has 2 heterocycles. The van der Waals surface area contributed by atoms with Crippen molar-refractivity contribution in [2.45, 2.75) is 32.2 Å². The molecule has 0 radical (unpaired) electrons. The average Bonchev–Trinajstić information content (AvgIpc) is 3.11. The van der Waals surface area contributed by atoms with E-state index in [2.05, 4.69) is 11.1 Å². The fourth-order valence-electron chi connectivity index (χ4n) is 3.52. The molecule has 0 spiro atoms. The first-order valence-corrected chi connectivity index (χ1v) is 10.1. The summed E-state index contributed by atoms with van der Waals surface area (Å²) in [5, 5.41) is 0.906. The number of likely N-dealkylation sites (tertiary alicyclic amines) is 1. The number of nitrogens with zero attached hydrogens (tertiary/aromatic N) is 2. The van der Waals surface area contributed by atoms with Crippen LogP contribution < -0.4 is 5.73 Å². The maximum Gasteiger partial charge on any atom is 0.253 e. The number of carbonyl (C=O) groups is 1. The molecule has 1 amide bonds. The molecule has 2 aromatic carbocycles. The Morgan fingerprint density at radius 1 is 1.18 bits per heavy atom. The van der Waals surface area contributed by atoms with Gasteiger partial charge in [0, 0.05) is 38.0 Å². The molecule has 0 aliphatic carbocycles. The summed E-state index contributed by atoms with van der Waals surface area (Å²) in [4.78, 5) is 18.7. The molecule has 3 aromatic rings. The van der Waals surface area contributed by atoms with E-state index >= 15 is 0 Å². The highest BCUT2D eigenvalue weighted by Gasteiger charge is 2.35. The zero-order valence-corrected chi connectivity index (χ0v) is 16.4. The highest BCUT2D eigenvalue weighted by molar-refractivity contribution is 7.18. The van der Waals surface area contributed by atoms with Gasteiger partial charge in [0.2, 0.25) is 0 Å². The molecule has 146 valence electrons. The third kappa shape index (κ3) is 3.64. The number of aromatic nitrogens is 1. The van der Waals surface area contributed by atoms with Crippen molar-refractivity contribution in [2.75, 3.05) is 13.1 Å². The summed E-state index contributed by atoms with van der Waals surface area (Å²) < 4.78 is 27.7. The van der Waals surface area contributed by atoms with E-state index in [1.807, 2.05) is 25.1 Å². The minimum Gasteiger partial charge on any atom is -0.338 e. The quantitative estimate of drug-likeness (QED) is 0.698. The summed E-state index contributed by atoms with van der Waals surface area (Å²) in [6.07, 6.45) is -0.539. The SMILES string of the molecule is Cc1cc(-c2ccc(C(=O)N3CCC(F)(F)CC3)cc2)cc2nc(CN)sc12. The predicted octanol–water partition coefficient (Wildman–Crippen LogP) is 4.60. The predicted molar refractivity (Wildman–Crippen MR) is 108 cm³/mol. The lowest BCUT2D eigenvalue weighted by Crippen LogP contribution is -2.42. The molecule has 1 aliphatic rings. The molecule has 7 heteroatoms. The number of aryl methyl sites for hydroxylation is 1. The number of fused-ring (bicyclic) bond motifs is 1. The summed E-state index contributed by atoms with van der Waals surface area (Å²) in [5.41, 5.74) is 10.3. The number of carbonyl (C=O) groups excluding carboxylic acids is 1. The fourth-order valence-corrected chi connectivity index (χ4v) is 4.42. The minimum atomic E-state index is -2.66. The van der Waals surface area contributed by atoms with Gasteiger partial charge in [0.15, 0.2) is 0 Å². The van der Waals surface area contributed by atoms with Crippen LogP contribution in [-0.2, 0) is 6.54 Å². The van der Waals surface area contributed by atoms with Gasteiger partial charge in [0.1, 0.15) is 5.01 Å². The number of nitrogens with two attached hydrogens (primary N) is 1. The fraction of sp³-hybridized carbons (Fsp3) is 0.333. The van der Waals surface area contributed by atoms with Crippen LogP contribution >= 0.6 is 11.3 Å². The Morgan fingerprint density at radius 3 is 2.50 bits per heavy atom. The Hall–Kier alpha value is -2.38. The lowest BCUT2D eigenvalue weighted by molar-refractivity contribution is -0.0494. The highest BCUT2D eigenvalue weighted by Crippen LogP contribution is 2.32. The molecule has 4 nitrogen and oxygen atoms in total. The van der Waals surface area contributed by atoms with Gasteiger partial charge >= 0.3 is 0 Å². The Balaban J connectivity index is 1.56. The van der Waals surface area contributed by atoms with Gasteiger partial charge in [0.25, 0.3) is 11.8 Å². The van der Waals surface area contributed by atoms with Crippen LogP contribution in [0.1, 0.15) is 33.8 Å². The molecule has 2 N–H and O–H groups in total. The molecule has 0 atom stereocenters. The number of thiazole rings is 1. The van der Waals surface area contributed by atoms with Gasteiger partial charge in [-0.05, 0) is 47.9 Å². The summed E-state index contributed by atoms with van der Waals surface area (Å²) >= 11 is 1.61. The molecule has 4 rings (SSSR count). The molecule has 1 saturated heterocycles. The van der Waals surface area contributed by atoms with E-state index in [9.17, 15) is 13.6 Å². The van der Waals surface area contributed by atoms with Crippen molar-refractivity contribution >= 4 is 27.5 Å². The molecule has 28 heavy (non-hydrogen) atoms. The van der Waals surface area contributed by atoms with Gasteiger partial charge in [-0.15, -0.1) is 11.3 Å². The van der Waals surface area contributed by atoms with Gasteiger partial charge in [0.05, 0.1) is 10.2 Å². The van der Waals surface area contributed by atoms with E-state index in [-0.39, 0.29) is 31.8 Å². The largest absolute Gasteiger partial charge is 0.338 e. The lowest BCUT2D eigenvalue weighted by atomic mass is 10.0. The molecular weight excluding hydrogens is 380 g/mol. The Kier molecular flexibility index (Phi) is 4.89. The maximum absolute atomic E-state index is 13.3. The minimum absolute atomic E-state index is 0.0940. The van der Waals surface area contributed by atoms with Crippen molar-refractivity contribution in [3.63, 3.8) is 0 Å². The normalized spacial score (nSPS) is 16.5. The molecule has 0 bridgehead atoms. The van der Waals surface area contributed by atoms with E-state index < -0.39 is 5.92 Å². The number of piperidine rings is 1. The third-order valence-corrected chi connectivity index (χ3v) is 6.37. The van der Waals surface area contributed by atoms with Crippen LogP contribution in [0, 0.1) is 6.92 Å². The Morgan fingerprint density at radius 2 is 1.86 bits per heavy atom. The second kappa shape index (κ2) is 7.22. The first-order valence-electron chi connectivity index (χ1n) is 9.24. The van der Waals surface area contributed by atoms with Crippen LogP contribution in [0.5, 0.6) is 0 Å². The average molecular weight is 401 g/mol. The Labute approximate surface area is 166 Å². The topological polar surface area (TPSA) is 59.2 Å². The molecule has 1 aliphatic heterocycles. The smallest absolute Gasteiger partial charge is 0.253 e. The molecule has 1 fully saturated rings. The van der Waals surface area contributed by atoms with Crippen LogP contribution in [-0.4, -0.2) is 34.8 Å². The number of amides is 1. The van der Waals surface area contributed by atoms with Gasteiger partial charge < -0.3 is 10.6 Å². The van der Waals surface area contributed by atoms with Crippen molar-refractivity contribution in [1.29, 1.82) is 0 Å². The van der Waals surface area contributed by atoms with Gasteiger partial charge in [-0.25, -0.2) is 13.8 Å². The molecule has 0 saturated carbocycles. The van der Waals surface area contributed by atoms with E-state index in [0.717, 1.165) is 31.9 Å². The second-order valence-corrected chi connectivity index (χ2v) is 8.26. The third-order valence-electron chi connectivity index (χ3n) is 5.14. The van der Waals surface area contributed by atoms with Crippen molar-refractivity contribution in [3.8, 4) is 11.1 Å². The van der Waals surface area contributed by atoms with Crippen LogP contribution in [0.2, 0.25) is 0 Å². The van der Waals surface area contributed by atoms with Crippen molar-refractivity contribution in [1.82, 2.24) is 9.88 Å². The van der Waals surface area contributed by atoms with E-state index in [1.165, 1.54) is 4.90 Å². The van der Waals surface area contributed by atoms with Crippen LogP contribution in [0.15, 0.2) is 36.4 Å². The number of rotatable bonds is 3. The van der Waals surface area contributed by atoms with Gasteiger partial charge in [-0.3, -0.25) is 4.79 Å².